The number of aryl methyl sites for hydroxylation is 1. The fraction of sp³-hybridized carbons (Fsp3) is 0.0556. The second-order valence-electron chi connectivity index (χ2n) is 5.88. The minimum Gasteiger partial charge on any atom is -0.340 e. The van der Waals surface area contributed by atoms with Crippen molar-refractivity contribution < 1.29 is 4.39 Å². The average Bonchev–Trinajstić information content (AvgIpc) is 3.28. The van der Waals surface area contributed by atoms with Gasteiger partial charge in [-0.2, -0.15) is 0 Å². The highest BCUT2D eigenvalue weighted by atomic mass is 19.1. The maximum atomic E-state index is 14.4. The van der Waals surface area contributed by atoms with Crippen molar-refractivity contribution in [2.45, 2.75) is 6.92 Å². The Balaban J connectivity index is 1.83. The van der Waals surface area contributed by atoms with E-state index in [-0.39, 0.29) is 0 Å². The minimum atomic E-state index is -0.422. The van der Waals surface area contributed by atoms with Gasteiger partial charge < -0.3 is 4.98 Å². The van der Waals surface area contributed by atoms with Crippen LogP contribution in [0.2, 0.25) is 0 Å². The van der Waals surface area contributed by atoms with Crippen LogP contribution in [-0.2, 0) is 0 Å². The lowest BCUT2D eigenvalue weighted by Gasteiger charge is -2.08. The van der Waals surface area contributed by atoms with E-state index in [0.29, 0.717) is 39.4 Å². The van der Waals surface area contributed by atoms with Gasteiger partial charge >= 0.3 is 0 Å². The monoisotopic (exact) mass is 345 g/mol. The largest absolute Gasteiger partial charge is 0.340 e. The number of nitrogens with one attached hydrogen (secondary N) is 1. The summed E-state index contributed by atoms with van der Waals surface area (Å²) in [6, 6.07) is 7.42. The van der Waals surface area contributed by atoms with Crippen molar-refractivity contribution in [3.8, 4) is 17.3 Å². The van der Waals surface area contributed by atoms with Crippen LogP contribution in [0.25, 0.3) is 39.4 Å². The van der Waals surface area contributed by atoms with Crippen LogP contribution >= 0.6 is 0 Å². The lowest BCUT2D eigenvalue weighted by Crippen LogP contribution is -2.03. The molecule has 0 saturated carbocycles. The first-order valence-corrected chi connectivity index (χ1v) is 7.97. The minimum absolute atomic E-state index is 0.401. The van der Waals surface area contributed by atoms with Crippen LogP contribution in [0.5, 0.6) is 0 Å². The van der Waals surface area contributed by atoms with Crippen molar-refractivity contribution in [2.75, 3.05) is 0 Å². The summed E-state index contributed by atoms with van der Waals surface area (Å²) in [6.07, 6.45) is 6.10. The van der Waals surface area contributed by atoms with Gasteiger partial charge in [-0.15, -0.1) is 0 Å². The highest BCUT2D eigenvalue weighted by Gasteiger charge is 2.17. The van der Waals surface area contributed by atoms with Gasteiger partial charge in [-0.25, -0.2) is 24.3 Å². The zero-order valence-electron chi connectivity index (χ0n) is 13.7. The molecule has 5 aromatic heterocycles. The normalized spacial score (nSPS) is 11.5. The van der Waals surface area contributed by atoms with E-state index >= 15 is 0 Å². The fourth-order valence-corrected chi connectivity index (χ4v) is 3.00. The first-order chi connectivity index (χ1) is 12.7. The first-order valence-electron chi connectivity index (χ1n) is 7.97. The van der Waals surface area contributed by atoms with E-state index in [9.17, 15) is 4.39 Å². The summed E-state index contributed by atoms with van der Waals surface area (Å²) in [5, 5.41) is 0.687. The summed E-state index contributed by atoms with van der Waals surface area (Å²) < 4.78 is 16.1. The molecule has 8 heteroatoms. The first kappa shape index (κ1) is 14.6. The predicted molar refractivity (Wildman–Crippen MR) is 94.2 cm³/mol. The van der Waals surface area contributed by atoms with Crippen molar-refractivity contribution in [1.29, 1.82) is 0 Å². The number of H-pyrrole nitrogens is 1. The Morgan fingerprint density at radius 3 is 2.88 bits per heavy atom. The molecular formula is C18H12FN7. The predicted octanol–water partition coefficient (Wildman–Crippen LogP) is 3.20. The lowest BCUT2D eigenvalue weighted by atomic mass is 10.3. The number of halogens is 1. The van der Waals surface area contributed by atoms with Gasteiger partial charge in [-0.3, -0.25) is 9.55 Å². The summed E-state index contributed by atoms with van der Waals surface area (Å²) in [4.78, 5) is 24.8. The van der Waals surface area contributed by atoms with Gasteiger partial charge in [0, 0.05) is 23.5 Å². The van der Waals surface area contributed by atoms with Crippen molar-refractivity contribution in [3.63, 3.8) is 0 Å². The number of hydrogen-bond acceptors (Lipinski definition) is 5. The Morgan fingerprint density at radius 1 is 1.08 bits per heavy atom. The van der Waals surface area contributed by atoms with E-state index < -0.39 is 5.82 Å². The van der Waals surface area contributed by atoms with Crippen LogP contribution in [-0.4, -0.2) is 34.5 Å². The summed E-state index contributed by atoms with van der Waals surface area (Å²) >= 11 is 0. The van der Waals surface area contributed by atoms with E-state index in [1.54, 1.807) is 29.4 Å². The number of fused-ring (bicyclic) bond motifs is 2. The summed E-state index contributed by atoms with van der Waals surface area (Å²) in [5.74, 6) is 0.513. The van der Waals surface area contributed by atoms with Crippen LogP contribution in [0.1, 0.15) is 5.69 Å². The maximum Gasteiger partial charge on any atom is 0.183 e. The standard InChI is InChI=1S/C18H12FN7/c1-10-3-2-4-13(23-10)16-24-17-14(21-9-22-17)18(25-16)26-6-5-11-7-20-8-12(19)15(11)26/h2-9H,1H3,(H,21,22,24,25). The molecule has 0 aliphatic rings. The number of imidazole rings is 1. The van der Waals surface area contributed by atoms with Crippen molar-refractivity contribution in [3.05, 3.63) is 60.7 Å². The maximum absolute atomic E-state index is 14.4. The smallest absolute Gasteiger partial charge is 0.183 e. The molecule has 0 saturated heterocycles. The van der Waals surface area contributed by atoms with Crippen LogP contribution in [0.15, 0.2) is 49.2 Å². The molecule has 0 radical (unpaired) electrons. The number of hydrogen-bond donors (Lipinski definition) is 1. The highest BCUT2D eigenvalue weighted by molar-refractivity contribution is 5.86. The van der Waals surface area contributed by atoms with Crippen molar-refractivity contribution >= 4 is 22.1 Å². The van der Waals surface area contributed by atoms with Crippen LogP contribution in [0, 0.1) is 12.7 Å². The fourth-order valence-electron chi connectivity index (χ4n) is 3.00. The Bertz CT molecular complexity index is 1270. The molecule has 5 rings (SSSR count). The molecule has 0 fully saturated rings. The molecule has 5 aromatic rings. The topological polar surface area (TPSA) is 85.2 Å². The number of aromatic amines is 1. The summed E-state index contributed by atoms with van der Waals surface area (Å²) in [6.45, 7) is 1.90. The van der Waals surface area contributed by atoms with Crippen LogP contribution in [0.3, 0.4) is 0 Å². The van der Waals surface area contributed by atoms with Gasteiger partial charge in [0.1, 0.15) is 11.2 Å². The van der Waals surface area contributed by atoms with Crippen molar-refractivity contribution in [2.24, 2.45) is 0 Å². The Labute approximate surface area is 146 Å². The molecule has 0 unspecified atom stereocenters. The number of rotatable bonds is 2. The summed E-state index contributed by atoms with van der Waals surface area (Å²) in [7, 11) is 0. The molecule has 126 valence electrons. The lowest BCUT2D eigenvalue weighted by molar-refractivity contribution is 0.628. The van der Waals surface area contributed by atoms with Crippen molar-refractivity contribution in [1.82, 2.24) is 34.5 Å². The van der Waals surface area contributed by atoms with Gasteiger partial charge in [-0.1, -0.05) is 6.07 Å². The number of pyridine rings is 2. The van der Waals surface area contributed by atoms with Gasteiger partial charge in [0.2, 0.25) is 0 Å². The molecular weight excluding hydrogens is 333 g/mol. The Morgan fingerprint density at radius 2 is 2.00 bits per heavy atom. The molecule has 5 heterocycles. The van der Waals surface area contributed by atoms with Gasteiger partial charge in [0.05, 0.1) is 18.0 Å². The highest BCUT2D eigenvalue weighted by Crippen LogP contribution is 2.26. The molecule has 0 aliphatic heterocycles. The second kappa shape index (κ2) is 5.41. The zero-order chi connectivity index (χ0) is 17.7. The Kier molecular flexibility index (Phi) is 3.05. The van der Waals surface area contributed by atoms with E-state index in [0.717, 1.165) is 5.69 Å². The summed E-state index contributed by atoms with van der Waals surface area (Å²) in [5.41, 5.74) is 3.01. The van der Waals surface area contributed by atoms with Crippen LogP contribution in [0.4, 0.5) is 4.39 Å². The molecule has 0 atom stereocenters. The number of nitrogens with zero attached hydrogens (tertiary/aromatic N) is 6. The molecule has 0 spiro atoms. The van der Waals surface area contributed by atoms with Gasteiger partial charge in [0.25, 0.3) is 0 Å². The third-order valence-corrected chi connectivity index (χ3v) is 4.16. The molecule has 26 heavy (non-hydrogen) atoms. The van der Waals surface area contributed by atoms with Gasteiger partial charge in [0.15, 0.2) is 23.1 Å². The van der Waals surface area contributed by atoms with Crippen LogP contribution < -0.4 is 0 Å². The molecule has 0 bridgehead atoms. The molecule has 0 amide bonds. The van der Waals surface area contributed by atoms with E-state index in [1.807, 2.05) is 25.1 Å². The van der Waals surface area contributed by atoms with Gasteiger partial charge in [-0.05, 0) is 25.1 Å². The van der Waals surface area contributed by atoms with E-state index in [2.05, 4.69) is 29.9 Å². The second-order valence-corrected chi connectivity index (χ2v) is 5.88. The van der Waals surface area contributed by atoms with E-state index in [4.69, 9.17) is 0 Å². The third kappa shape index (κ3) is 2.16. The molecule has 1 N–H and O–H groups in total. The number of aromatic nitrogens is 7. The SMILES string of the molecule is Cc1cccc(-c2nc(-n3ccc4cncc(F)c43)c3[nH]cnc3n2)n1. The molecule has 0 aromatic carbocycles. The Hall–Kier alpha value is -3.68. The quantitative estimate of drug-likeness (QED) is 0.531. The van der Waals surface area contributed by atoms with E-state index in [1.165, 1.54) is 6.20 Å². The average molecular weight is 345 g/mol. The molecule has 0 aliphatic carbocycles. The zero-order valence-corrected chi connectivity index (χ0v) is 13.7. The third-order valence-electron chi connectivity index (χ3n) is 4.16. The molecule has 7 nitrogen and oxygen atoms in total.